The number of ether oxygens (including phenoxy) is 1. The van der Waals surface area contributed by atoms with Gasteiger partial charge in [-0.3, -0.25) is 4.79 Å². The summed E-state index contributed by atoms with van der Waals surface area (Å²) in [4.78, 5) is 15.3. The summed E-state index contributed by atoms with van der Waals surface area (Å²) in [6.45, 7) is 3.42. The highest BCUT2D eigenvalue weighted by atomic mass is 32.1. The fourth-order valence-electron chi connectivity index (χ4n) is 2.67. The van der Waals surface area contributed by atoms with E-state index in [0.717, 1.165) is 29.2 Å². The van der Waals surface area contributed by atoms with Crippen molar-refractivity contribution in [3.05, 3.63) is 57.8 Å². The van der Waals surface area contributed by atoms with Crippen LogP contribution in [0.1, 0.15) is 27.2 Å². The van der Waals surface area contributed by atoms with Gasteiger partial charge >= 0.3 is 0 Å². The minimum absolute atomic E-state index is 0.147. The van der Waals surface area contributed by atoms with E-state index in [-0.39, 0.29) is 5.91 Å². The summed E-state index contributed by atoms with van der Waals surface area (Å²) in [5.74, 6) is 1.01. The van der Waals surface area contributed by atoms with Crippen molar-refractivity contribution < 1.29 is 9.53 Å². The summed E-state index contributed by atoms with van der Waals surface area (Å²) in [5.41, 5.74) is 3.53. The van der Waals surface area contributed by atoms with Gasteiger partial charge in [0.2, 0.25) is 0 Å². The largest absolute Gasteiger partial charge is 0.497 e. The summed E-state index contributed by atoms with van der Waals surface area (Å²) in [6, 6.07) is 10.1. The number of rotatable bonds is 3. The molecule has 1 aromatic heterocycles. The van der Waals surface area contributed by atoms with Gasteiger partial charge in [-0.15, -0.1) is 11.3 Å². The van der Waals surface area contributed by atoms with E-state index in [2.05, 4.69) is 12.1 Å². The molecule has 1 aromatic carbocycles. The SMILES string of the molecule is COc1cccc(C2=CCN(C(=O)c3sccc3C)CC2)c1. The van der Waals surface area contributed by atoms with Crippen LogP contribution in [0.2, 0.25) is 0 Å². The molecule has 0 atom stereocenters. The van der Waals surface area contributed by atoms with Crippen LogP contribution >= 0.6 is 11.3 Å². The highest BCUT2D eigenvalue weighted by molar-refractivity contribution is 7.12. The molecule has 3 rings (SSSR count). The van der Waals surface area contributed by atoms with Crippen LogP contribution in [0.5, 0.6) is 5.75 Å². The predicted octanol–water partition coefficient (Wildman–Crippen LogP) is 3.99. The second-order valence-corrected chi connectivity index (χ2v) is 6.31. The van der Waals surface area contributed by atoms with Crippen LogP contribution in [-0.4, -0.2) is 31.0 Å². The van der Waals surface area contributed by atoms with E-state index in [1.807, 2.05) is 41.5 Å². The van der Waals surface area contributed by atoms with E-state index in [1.54, 1.807) is 7.11 Å². The first-order valence-corrected chi connectivity index (χ1v) is 8.24. The van der Waals surface area contributed by atoms with Gasteiger partial charge in [0.1, 0.15) is 5.75 Å². The normalized spacial score (nSPS) is 14.6. The number of carbonyl (C=O) groups is 1. The molecule has 0 unspecified atom stereocenters. The maximum Gasteiger partial charge on any atom is 0.264 e. The number of nitrogens with zero attached hydrogens (tertiary/aromatic N) is 1. The molecule has 3 nitrogen and oxygen atoms in total. The molecule has 0 saturated heterocycles. The third-order valence-electron chi connectivity index (χ3n) is 3.99. The molecular weight excluding hydrogens is 294 g/mol. The number of hydrogen-bond donors (Lipinski definition) is 0. The third kappa shape index (κ3) is 2.92. The summed E-state index contributed by atoms with van der Waals surface area (Å²) in [7, 11) is 1.68. The maximum atomic E-state index is 12.5. The third-order valence-corrected chi connectivity index (χ3v) is 5.00. The van der Waals surface area contributed by atoms with Crippen LogP contribution in [-0.2, 0) is 0 Å². The lowest BCUT2D eigenvalue weighted by Gasteiger charge is -2.26. The second-order valence-electron chi connectivity index (χ2n) is 5.40. The van der Waals surface area contributed by atoms with E-state index in [9.17, 15) is 4.79 Å². The Labute approximate surface area is 134 Å². The van der Waals surface area contributed by atoms with E-state index in [4.69, 9.17) is 4.74 Å². The molecule has 0 aliphatic carbocycles. The Hall–Kier alpha value is -2.07. The zero-order chi connectivity index (χ0) is 15.5. The molecule has 0 N–H and O–H groups in total. The van der Waals surface area contributed by atoms with E-state index in [1.165, 1.54) is 22.5 Å². The average molecular weight is 313 g/mol. The van der Waals surface area contributed by atoms with Crippen LogP contribution in [0, 0.1) is 6.92 Å². The summed E-state index contributed by atoms with van der Waals surface area (Å²) < 4.78 is 5.28. The second kappa shape index (κ2) is 6.36. The minimum atomic E-state index is 0.147. The van der Waals surface area contributed by atoms with Crippen molar-refractivity contribution in [3.8, 4) is 5.75 Å². The van der Waals surface area contributed by atoms with Gasteiger partial charge in [-0.1, -0.05) is 18.2 Å². The van der Waals surface area contributed by atoms with Gasteiger partial charge in [-0.2, -0.15) is 0 Å². The van der Waals surface area contributed by atoms with Gasteiger partial charge < -0.3 is 9.64 Å². The highest BCUT2D eigenvalue weighted by Crippen LogP contribution is 2.27. The van der Waals surface area contributed by atoms with Crippen molar-refractivity contribution in [1.82, 2.24) is 4.90 Å². The lowest BCUT2D eigenvalue weighted by atomic mass is 9.99. The number of carbonyl (C=O) groups excluding carboxylic acids is 1. The van der Waals surface area contributed by atoms with Crippen LogP contribution in [0.4, 0.5) is 0 Å². The van der Waals surface area contributed by atoms with Gasteiger partial charge in [0.05, 0.1) is 12.0 Å². The topological polar surface area (TPSA) is 29.5 Å². The van der Waals surface area contributed by atoms with E-state index >= 15 is 0 Å². The van der Waals surface area contributed by atoms with Crippen LogP contribution in [0.3, 0.4) is 0 Å². The molecule has 1 aliphatic heterocycles. The molecule has 114 valence electrons. The molecule has 0 fully saturated rings. The van der Waals surface area contributed by atoms with Gasteiger partial charge in [0.15, 0.2) is 0 Å². The summed E-state index contributed by atoms with van der Waals surface area (Å²) in [5, 5.41) is 1.98. The monoisotopic (exact) mass is 313 g/mol. The number of benzene rings is 1. The Morgan fingerprint density at radius 2 is 2.18 bits per heavy atom. The summed E-state index contributed by atoms with van der Waals surface area (Å²) >= 11 is 1.52. The number of thiophene rings is 1. The van der Waals surface area contributed by atoms with Crippen molar-refractivity contribution in [3.63, 3.8) is 0 Å². The molecule has 2 heterocycles. The lowest BCUT2D eigenvalue weighted by Crippen LogP contribution is -2.34. The maximum absolute atomic E-state index is 12.5. The van der Waals surface area contributed by atoms with E-state index in [0.29, 0.717) is 6.54 Å². The number of aryl methyl sites for hydroxylation is 1. The average Bonchev–Trinajstić information content (AvgIpc) is 3.00. The van der Waals surface area contributed by atoms with Crippen LogP contribution in [0.15, 0.2) is 41.8 Å². The number of methoxy groups -OCH3 is 1. The number of amides is 1. The molecule has 0 bridgehead atoms. The Kier molecular flexibility index (Phi) is 4.29. The predicted molar refractivity (Wildman–Crippen MR) is 90.5 cm³/mol. The van der Waals surface area contributed by atoms with Crippen molar-refractivity contribution in [2.24, 2.45) is 0 Å². The van der Waals surface area contributed by atoms with Crippen molar-refractivity contribution in [2.45, 2.75) is 13.3 Å². The molecule has 1 aliphatic rings. The van der Waals surface area contributed by atoms with Crippen LogP contribution < -0.4 is 4.74 Å². The summed E-state index contributed by atoms with van der Waals surface area (Å²) in [6.07, 6.45) is 3.03. The van der Waals surface area contributed by atoms with Crippen molar-refractivity contribution in [1.29, 1.82) is 0 Å². The zero-order valence-corrected chi connectivity index (χ0v) is 13.7. The Balaban J connectivity index is 1.74. The Bertz CT molecular complexity index is 717. The van der Waals surface area contributed by atoms with Crippen molar-refractivity contribution in [2.75, 3.05) is 20.2 Å². The zero-order valence-electron chi connectivity index (χ0n) is 12.8. The first-order chi connectivity index (χ1) is 10.7. The fraction of sp³-hybridized carbons (Fsp3) is 0.278. The van der Waals surface area contributed by atoms with Gasteiger partial charge in [-0.05, 0) is 53.6 Å². The Morgan fingerprint density at radius 3 is 2.82 bits per heavy atom. The first-order valence-electron chi connectivity index (χ1n) is 7.36. The number of hydrogen-bond acceptors (Lipinski definition) is 3. The van der Waals surface area contributed by atoms with Crippen molar-refractivity contribution >= 4 is 22.8 Å². The van der Waals surface area contributed by atoms with Gasteiger partial charge in [0, 0.05) is 13.1 Å². The fourth-order valence-corrected chi connectivity index (χ4v) is 3.57. The molecule has 0 spiro atoms. The first kappa shape index (κ1) is 14.9. The Morgan fingerprint density at radius 1 is 1.32 bits per heavy atom. The smallest absolute Gasteiger partial charge is 0.264 e. The molecule has 22 heavy (non-hydrogen) atoms. The standard InChI is InChI=1S/C18H19NO2S/c1-13-8-11-22-17(13)18(20)19-9-6-14(7-10-19)15-4-3-5-16(12-15)21-2/h3-6,8,11-12H,7,9-10H2,1-2H3. The molecule has 4 heteroatoms. The van der Waals surface area contributed by atoms with E-state index < -0.39 is 0 Å². The molecule has 1 amide bonds. The van der Waals surface area contributed by atoms with Gasteiger partial charge in [-0.25, -0.2) is 0 Å². The van der Waals surface area contributed by atoms with Crippen LogP contribution in [0.25, 0.3) is 5.57 Å². The molecule has 0 saturated carbocycles. The molecular formula is C18H19NO2S. The lowest BCUT2D eigenvalue weighted by molar-refractivity contribution is 0.0777. The molecule has 0 radical (unpaired) electrons. The van der Waals surface area contributed by atoms with Gasteiger partial charge in [0.25, 0.3) is 5.91 Å². The minimum Gasteiger partial charge on any atom is -0.497 e. The highest BCUT2D eigenvalue weighted by Gasteiger charge is 2.21. The quantitative estimate of drug-likeness (QED) is 0.857. The molecule has 2 aromatic rings.